The van der Waals surface area contributed by atoms with Crippen LogP contribution in [0, 0.1) is 6.92 Å². The topological polar surface area (TPSA) is 89.3 Å². The summed E-state index contributed by atoms with van der Waals surface area (Å²) in [6.45, 7) is 3.17. The first-order chi connectivity index (χ1) is 11.8. The van der Waals surface area contributed by atoms with Gasteiger partial charge in [0.25, 0.3) is 10.0 Å². The highest BCUT2D eigenvalue weighted by Gasteiger charge is 2.15. The number of ketones is 1. The summed E-state index contributed by atoms with van der Waals surface area (Å²) >= 11 is 0. The van der Waals surface area contributed by atoms with Gasteiger partial charge in [-0.15, -0.1) is 0 Å². The van der Waals surface area contributed by atoms with Crippen molar-refractivity contribution in [2.24, 2.45) is 0 Å². The van der Waals surface area contributed by atoms with Gasteiger partial charge in [0.2, 0.25) is 0 Å². The van der Waals surface area contributed by atoms with Crippen LogP contribution in [0.25, 0.3) is 11.3 Å². The third-order valence-corrected chi connectivity index (χ3v) is 4.99. The van der Waals surface area contributed by atoms with E-state index in [1.165, 1.54) is 25.1 Å². The third kappa shape index (κ3) is 3.77. The van der Waals surface area contributed by atoms with Crippen molar-refractivity contribution in [1.29, 1.82) is 0 Å². The number of benzene rings is 2. The van der Waals surface area contributed by atoms with E-state index < -0.39 is 10.0 Å². The Morgan fingerprint density at radius 2 is 1.84 bits per heavy atom. The Labute approximate surface area is 145 Å². The lowest BCUT2D eigenvalue weighted by atomic mass is 10.1. The van der Waals surface area contributed by atoms with Crippen molar-refractivity contribution < 1.29 is 17.6 Å². The number of aromatic nitrogens is 1. The second-order valence-electron chi connectivity index (χ2n) is 5.51. The summed E-state index contributed by atoms with van der Waals surface area (Å²) in [6, 6.07) is 12.6. The molecular weight excluding hydrogens is 340 g/mol. The number of oxazole rings is 1. The van der Waals surface area contributed by atoms with Crippen LogP contribution in [0.2, 0.25) is 0 Å². The van der Waals surface area contributed by atoms with Crippen LogP contribution in [0.5, 0.6) is 0 Å². The molecule has 3 aromatic rings. The lowest BCUT2D eigenvalue weighted by Crippen LogP contribution is -2.13. The molecule has 0 saturated heterocycles. The van der Waals surface area contributed by atoms with Gasteiger partial charge in [-0.1, -0.05) is 12.1 Å². The molecule has 0 saturated carbocycles. The van der Waals surface area contributed by atoms with E-state index in [0.29, 0.717) is 22.9 Å². The molecule has 128 valence electrons. The van der Waals surface area contributed by atoms with Crippen molar-refractivity contribution in [3.8, 4) is 11.3 Å². The summed E-state index contributed by atoms with van der Waals surface area (Å²) in [6.07, 6.45) is 1.59. The maximum absolute atomic E-state index is 12.5. The van der Waals surface area contributed by atoms with E-state index in [9.17, 15) is 13.2 Å². The zero-order valence-corrected chi connectivity index (χ0v) is 14.5. The molecular formula is C18H16N2O4S. The number of nitrogens with one attached hydrogen (secondary N) is 1. The highest BCUT2D eigenvalue weighted by molar-refractivity contribution is 7.92. The molecule has 0 atom stereocenters. The van der Waals surface area contributed by atoms with Crippen LogP contribution in [0.15, 0.2) is 64.0 Å². The van der Waals surface area contributed by atoms with Gasteiger partial charge < -0.3 is 4.42 Å². The molecule has 0 amide bonds. The number of hydrogen-bond acceptors (Lipinski definition) is 5. The van der Waals surface area contributed by atoms with Gasteiger partial charge in [-0.2, -0.15) is 0 Å². The number of hydrogen-bond donors (Lipinski definition) is 1. The van der Waals surface area contributed by atoms with E-state index in [-0.39, 0.29) is 10.7 Å². The van der Waals surface area contributed by atoms with Gasteiger partial charge in [0.1, 0.15) is 0 Å². The van der Waals surface area contributed by atoms with Crippen LogP contribution >= 0.6 is 0 Å². The minimum absolute atomic E-state index is 0.112. The van der Waals surface area contributed by atoms with Gasteiger partial charge >= 0.3 is 0 Å². The average Bonchev–Trinajstić information content (AvgIpc) is 3.01. The Kier molecular flexibility index (Phi) is 4.41. The Bertz CT molecular complexity index is 1020. The van der Waals surface area contributed by atoms with Gasteiger partial charge in [-0.05, 0) is 43.3 Å². The van der Waals surface area contributed by atoms with E-state index in [1.54, 1.807) is 43.5 Å². The van der Waals surface area contributed by atoms with E-state index >= 15 is 0 Å². The van der Waals surface area contributed by atoms with Crippen LogP contribution in [0.1, 0.15) is 23.2 Å². The molecule has 1 N–H and O–H groups in total. The molecule has 0 radical (unpaired) electrons. The van der Waals surface area contributed by atoms with Crippen molar-refractivity contribution in [2.75, 3.05) is 4.72 Å². The van der Waals surface area contributed by atoms with E-state index in [2.05, 4.69) is 9.71 Å². The predicted molar refractivity (Wildman–Crippen MR) is 93.9 cm³/mol. The molecule has 2 aromatic carbocycles. The van der Waals surface area contributed by atoms with Crippen molar-refractivity contribution in [3.05, 3.63) is 66.2 Å². The number of carbonyl (C=O) groups excluding carboxylic acids is 1. The first-order valence-electron chi connectivity index (χ1n) is 7.52. The minimum Gasteiger partial charge on any atom is -0.441 e. The molecule has 1 heterocycles. The normalized spacial score (nSPS) is 11.3. The molecule has 0 unspecified atom stereocenters. The molecule has 0 aliphatic rings. The molecule has 25 heavy (non-hydrogen) atoms. The summed E-state index contributed by atoms with van der Waals surface area (Å²) in [5.74, 6) is 0.982. The van der Waals surface area contributed by atoms with Gasteiger partial charge in [0, 0.05) is 23.7 Å². The highest BCUT2D eigenvalue weighted by atomic mass is 32.2. The Morgan fingerprint density at radius 1 is 1.12 bits per heavy atom. The zero-order valence-electron chi connectivity index (χ0n) is 13.7. The Morgan fingerprint density at radius 3 is 2.44 bits per heavy atom. The minimum atomic E-state index is -3.76. The molecule has 0 aliphatic heterocycles. The molecule has 7 heteroatoms. The fourth-order valence-corrected chi connectivity index (χ4v) is 3.36. The van der Waals surface area contributed by atoms with Crippen LogP contribution in [0.4, 0.5) is 5.69 Å². The van der Waals surface area contributed by atoms with Crippen molar-refractivity contribution in [1.82, 2.24) is 4.98 Å². The lowest BCUT2D eigenvalue weighted by Gasteiger charge is -2.09. The van der Waals surface area contributed by atoms with Gasteiger partial charge in [-0.25, -0.2) is 13.4 Å². The van der Waals surface area contributed by atoms with Gasteiger partial charge in [-0.3, -0.25) is 9.52 Å². The quantitative estimate of drug-likeness (QED) is 0.705. The van der Waals surface area contributed by atoms with Crippen LogP contribution in [-0.2, 0) is 10.0 Å². The Balaban J connectivity index is 1.85. The standard InChI is InChI=1S/C18H16N2O4S/c1-12(21)15-4-3-5-16(10-15)20-25(22,23)17-8-6-14(7-9-17)18-11-19-13(2)24-18/h3-11,20H,1-2H3. The number of Topliss-reactive ketones (excluding diaryl/α,β-unsaturated/α-hetero) is 1. The fraction of sp³-hybridized carbons (Fsp3) is 0.111. The van der Waals surface area contributed by atoms with Gasteiger partial charge in [0.15, 0.2) is 17.4 Å². The summed E-state index contributed by atoms with van der Waals surface area (Å²) in [7, 11) is -3.76. The van der Waals surface area contributed by atoms with Gasteiger partial charge in [0.05, 0.1) is 11.1 Å². The summed E-state index contributed by atoms with van der Waals surface area (Å²) in [5.41, 5.74) is 1.51. The molecule has 0 bridgehead atoms. The van der Waals surface area contributed by atoms with E-state index in [1.807, 2.05) is 0 Å². The van der Waals surface area contributed by atoms with Crippen LogP contribution in [-0.4, -0.2) is 19.2 Å². The molecule has 3 rings (SSSR count). The lowest BCUT2D eigenvalue weighted by molar-refractivity contribution is 0.101. The first kappa shape index (κ1) is 16.9. The number of rotatable bonds is 5. The number of anilines is 1. The maximum atomic E-state index is 12.5. The third-order valence-electron chi connectivity index (χ3n) is 3.59. The fourth-order valence-electron chi connectivity index (χ4n) is 2.31. The monoisotopic (exact) mass is 356 g/mol. The molecule has 1 aromatic heterocycles. The number of sulfonamides is 1. The highest BCUT2D eigenvalue weighted by Crippen LogP contribution is 2.23. The summed E-state index contributed by atoms with van der Waals surface area (Å²) in [4.78, 5) is 15.5. The summed E-state index contributed by atoms with van der Waals surface area (Å²) in [5, 5.41) is 0. The molecule has 0 fully saturated rings. The molecule has 0 spiro atoms. The number of nitrogens with zero attached hydrogens (tertiary/aromatic N) is 1. The Hall–Kier alpha value is -2.93. The van der Waals surface area contributed by atoms with E-state index in [0.717, 1.165) is 5.56 Å². The zero-order chi connectivity index (χ0) is 18.0. The van der Waals surface area contributed by atoms with Crippen LogP contribution in [0.3, 0.4) is 0 Å². The number of aryl methyl sites for hydroxylation is 1. The largest absolute Gasteiger partial charge is 0.441 e. The number of carbonyl (C=O) groups is 1. The van der Waals surface area contributed by atoms with Crippen molar-refractivity contribution >= 4 is 21.5 Å². The van der Waals surface area contributed by atoms with Crippen molar-refractivity contribution in [2.45, 2.75) is 18.7 Å². The second-order valence-corrected chi connectivity index (χ2v) is 7.19. The predicted octanol–water partition coefficient (Wildman–Crippen LogP) is 3.65. The van der Waals surface area contributed by atoms with Crippen molar-refractivity contribution in [3.63, 3.8) is 0 Å². The van der Waals surface area contributed by atoms with Crippen LogP contribution < -0.4 is 4.72 Å². The SMILES string of the molecule is CC(=O)c1cccc(NS(=O)(=O)c2ccc(-c3cnc(C)o3)cc2)c1. The van der Waals surface area contributed by atoms with E-state index in [4.69, 9.17) is 4.42 Å². The second kappa shape index (κ2) is 6.52. The first-order valence-corrected chi connectivity index (χ1v) is 9.00. The molecule has 0 aliphatic carbocycles. The maximum Gasteiger partial charge on any atom is 0.261 e. The molecule has 6 nitrogen and oxygen atoms in total. The summed E-state index contributed by atoms with van der Waals surface area (Å²) < 4.78 is 32.9. The average molecular weight is 356 g/mol. The smallest absolute Gasteiger partial charge is 0.261 e.